The lowest BCUT2D eigenvalue weighted by atomic mass is 9.78. The van der Waals surface area contributed by atoms with Gasteiger partial charge in [-0.25, -0.2) is 0 Å². The Morgan fingerprint density at radius 2 is 2.24 bits per heavy atom. The highest BCUT2D eigenvalue weighted by molar-refractivity contribution is 5.83. The van der Waals surface area contributed by atoms with Crippen LogP contribution in [0.5, 0.6) is 5.75 Å². The number of methoxy groups -OCH3 is 1. The quantitative estimate of drug-likeness (QED) is 0.841. The molecular formula is C21H28N2O2. The molecule has 0 spiro atoms. The Bertz CT molecular complexity index is 746. The fraction of sp³-hybridized carbons (Fsp3) is 0.476. The van der Waals surface area contributed by atoms with E-state index in [1.807, 2.05) is 24.3 Å². The fourth-order valence-electron chi connectivity index (χ4n) is 4.13. The summed E-state index contributed by atoms with van der Waals surface area (Å²) in [6.45, 7) is 7.16. The second-order valence-corrected chi connectivity index (χ2v) is 7.04. The first kappa shape index (κ1) is 17.9. The molecule has 2 heterocycles. The van der Waals surface area contributed by atoms with Crippen molar-refractivity contribution in [3.8, 4) is 5.75 Å². The van der Waals surface area contributed by atoms with Crippen molar-refractivity contribution in [1.29, 1.82) is 0 Å². The van der Waals surface area contributed by atoms with Crippen LogP contribution in [-0.2, 0) is 0 Å². The number of aromatic nitrogens is 1. The minimum Gasteiger partial charge on any atom is -0.497 e. The molecule has 1 N–H and O–H groups in total. The number of likely N-dealkylation sites (tertiary alicyclic amines) is 1. The van der Waals surface area contributed by atoms with E-state index < -0.39 is 6.10 Å². The lowest BCUT2D eigenvalue weighted by Crippen LogP contribution is -2.47. The standard InChI is InChI=1S/C21H28N2O2/c1-5-14-11-20(23(3)13-15(14)6-2)21(24)17-9-10-22-19-8-7-16(25-4)12-18(17)19/h6-10,12,14-15,20-21,24H,2,5,11,13H2,1,3-4H3/t14-,15+,20-,21-/m1/s1. The number of piperidine rings is 1. The van der Waals surface area contributed by atoms with Crippen LogP contribution >= 0.6 is 0 Å². The van der Waals surface area contributed by atoms with E-state index in [0.717, 1.165) is 41.6 Å². The highest BCUT2D eigenvalue weighted by Crippen LogP contribution is 2.37. The summed E-state index contributed by atoms with van der Waals surface area (Å²) in [5, 5.41) is 12.2. The minimum atomic E-state index is -0.553. The molecule has 1 aliphatic heterocycles. The lowest BCUT2D eigenvalue weighted by molar-refractivity contribution is 0.00748. The zero-order valence-corrected chi connectivity index (χ0v) is 15.4. The number of hydrogen-bond acceptors (Lipinski definition) is 4. The molecule has 0 aliphatic carbocycles. The third-order valence-electron chi connectivity index (χ3n) is 5.71. The zero-order chi connectivity index (χ0) is 18.0. The van der Waals surface area contributed by atoms with Gasteiger partial charge in [0.05, 0.1) is 18.7 Å². The molecule has 0 amide bonds. The molecule has 0 saturated carbocycles. The highest BCUT2D eigenvalue weighted by Gasteiger charge is 2.36. The van der Waals surface area contributed by atoms with Crippen molar-refractivity contribution in [3.05, 3.63) is 48.7 Å². The summed E-state index contributed by atoms with van der Waals surface area (Å²) >= 11 is 0. The average Bonchev–Trinajstić information content (AvgIpc) is 2.66. The van der Waals surface area contributed by atoms with Crippen molar-refractivity contribution in [2.24, 2.45) is 11.8 Å². The third kappa shape index (κ3) is 3.42. The smallest absolute Gasteiger partial charge is 0.119 e. The molecule has 3 rings (SSSR count). The number of benzene rings is 1. The van der Waals surface area contributed by atoms with Gasteiger partial charge in [-0.2, -0.15) is 0 Å². The maximum Gasteiger partial charge on any atom is 0.119 e. The normalized spacial score (nSPS) is 25.7. The molecular weight excluding hydrogens is 312 g/mol. The van der Waals surface area contributed by atoms with Crippen molar-refractivity contribution in [3.63, 3.8) is 0 Å². The summed E-state index contributed by atoms with van der Waals surface area (Å²) < 4.78 is 5.36. The fourth-order valence-corrected chi connectivity index (χ4v) is 4.13. The summed E-state index contributed by atoms with van der Waals surface area (Å²) in [4.78, 5) is 6.70. The Morgan fingerprint density at radius 1 is 1.44 bits per heavy atom. The van der Waals surface area contributed by atoms with Crippen molar-refractivity contribution in [1.82, 2.24) is 9.88 Å². The number of hydrogen-bond donors (Lipinski definition) is 1. The summed E-state index contributed by atoms with van der Waals surface area (Å²) in [5.74, 6) is 1.84. The molecule has 1 aliphatic rings. The van der Waals surface area contributed by atoms with Gasteiger partial charge in [0.15, 0.2) is 0 Å². The number of nitrogens with zero attached hydrogens (tertiary/aromatic N) is 2. The Balaban J connectivity index is 1.96. The van der Waals surface area contributed by atoms with Crippen LogP contribution in [-0.4, -0.2) is 41.7 Å². The van der Waals surface area contributed by atoms with Crippen LogP contribution in [0, 0.1) is 11.8 Å². The number of aliphatic hydroxyl groups is 1. The zero-order valence-electron chi connectivity index (χ0n) is 15.4. The molecule has 0 bridgehead atoms. The van der Waals surface area contributed by atoms with Gasteiger partial charge < -0.3 is 9.84 Å². The average molecular weight is 340 g/mol. The lowest BCUT2D eigenvalue weighted by Gasteiger charge is -2.43. The van der Waals surface area contributed by atoms with Crippen molar-refractivity contribution in [2.75, 3.05) is 20.7 Å². The Hall–Kier alpha value is -1.91. The molecule has 1 fully saturated rings. The van der Waals surface area contributed by atoms with E-state index in [-0.39, 0.29) is 6.04 Å². The molecule has 1 saturated heterocycles. The van der Waals surface area contributed by atoms with Gasteiger partial charge in [-0.15, -0.1) is 6.58 Å². The molecule has 0 unspecified atom stereocenters. The maximum absolute atomic E-state index is 11.2. The summed E-state index contributed by atoms with van der Waals surface area (Å²) in [7, 11) is 3.75. The van der Waals surface area contributed by atoms with Gasteiger partial charge in [0.1, 0.15) is 5.75 Å². The van der Waals surface area contributed by atoms with Crippen molar-refractivity contribution >= 4 is 10.9 Å². The van der Waals surface area contributed by atoms with E-state index in [0.29, 0.717) is 11.8 Å². The molecule has 4 nitrogen and oxygen atoms in total. The van der Waals surface area contributed by atoms with E-state index in [1.165, 1.54) is 0 Å². The maximum atomic E-state index is 11.2. The molecule has 0 radical (unpaired) electrons. The largest absolute Gasteiger partial charge is 0.497 e. The molecule has 4 heteroatoms. The molecule has 1 aromatic heterocycles. The highest BCUT2D eigenvalue weighted by atomic mass is 16.5. The molecule has 2 aromatic rings. The first-order valence-corrected chi connectivity index (χ1v) is 9.02. The Morgan fingerprint density at radius 3 is 2.92 bits per heavy atom. The van der Waals surface area contributed by atoms with Gasteiger partial charge in [-0.3, -0.25) is 9.88 Å². The van der Waals surface area contributed by atoms with E-state index in [9.17, 15) is 5.11 Å². The Labute approximate surface area is 150 Å². The Kier molecular flexibility index (Phi) is 5.40. The van der Waals surface area contributed by atoms with Gasteiger partial charge in [0, 0.05) is 24.2 Å². The minimum absolute atomic E-state index is 0.0953. The second-order valence-electron chi connectivity index (χ2n) is 7.04. The second kappa shape index (κ2) is 7.54. The number of pyridine rings is 1. The van der Waals surface area contributed by atoms with Crippen molar-refractivity contribution < 1.29 is 9.84 Å². The number of fused-ring (bicyclic) bond motifs is 1. The van der Waals surface area contributed by atoms with Gasteiger partial charge in [0.2, 0.25) is 0 Å². The molecule has 134 valence electrons. The van der Waals surface area contributed by atoms with E-state index >= 15 is 0 Å². The van der Waals surface area contributed by atoms with Crippen LogP contribution in [0.15, 0.2) is 43.1 Å². The van der Waals surface area contributed by atoms with Gasteiger partial charge in [0.25, 0.3) is 0 Å². The van der Waals surface area contributed by atoms with Crippen LogP contribution in [0.3, 0.4) is 0 Å². The third-order valence-corrected chi connectivity index (χ3v) is 5.71. The first-order valence-electron chi connectivity index (χ1n) is 9.02. The molecule has 25 heavy (non-hydrogen) atoms. The van der Waals surface area contributed by atoms with Gasteiger partial charge >= 0.3 is 0 Å². The topological polar surface area (TPSA) is 45.6 Å². The summed E-state index contributed by atoms with van der Waals surface area (Å²) in [5.41, 5.74) is 1.81. The molecule has 1 aromatic carbocycles. The monoisotopic (exact) mass is 340 g/mol. The molecule has 4 atom stereocenters. The number of aliphatic hydroxyl groups excluding tert-OH is 1. The SMILES string of the molecule is C=C[C@H]1CN(C)[C@@H]([C@H](O)c2ccnc3ccc(OC)cc23)C[C@H]1CC. The number of ether oxygens (including phenoxy) is 1. The van der Waals surface area contributed by atoms with E-state index in [4.69, 9.17) is 4.74 Å². The van der Waals surface area contributed by atoms with E-state index in [1.54, 1.807) is 13.3 Å². The van der Waals surface area contributed by atoms with Gasteiger partial charge in [-0.05, 0) is 55.1 Å². The van der Waals surface area contributed by atoms with Crippen molar-refractivity contribution in [2.45, 2.75) is 31.9 Å². The van der Waals surface area contributed by atoms with Crippen LogP contribution < -0.4 is 4.74 Å². The number of rotatable bonds is 5. The summed E-state index contributed by atoms with van der Waals surface area (Å²) in [6.07, 6.45) is 5.37. The van der Waals surface area contributed by atoms with E-state index in [2.05, 4.69) is 36.5 Å². The predicted octanol–water partition coefficient (Wildman–Crippen LogP) is 3.81. The van der Waals surface area contributed by atoms with Crippen LogP contribution in [0.4, 0.5) is 0 Å². The summed E-state index contributed by atoms with van der Waals surface area (Å²) in [6, 6.07) is 7.84. The van der Waals surface area contributed by atoms with Crippen LogP contribution in [0.25, 0.3) is 10.9 Å². The predicted molar refractivity (Wildman–Crippen MR) is 102 cm³/mol. The van der Waals surface area contributed by atoms with Crippen LogP contribution in [0.2, 0.25) is 0 Å². The first-order chi connectivity index (χ1) is 12.1. The number of likely N-dealkylation sites (N-methyl/N-ethyl adjacent to an activating group) is 1. The van der Waals surface area contributed by atoms with Gasteiger partial charge in [-0.1, -0.05) is 19.4 Å². The van der Waals surface area contributed by atoms with Crippen LogP contribution in [0.1, 0.15) is 31.4 Å².